The number of amides is 1. The van der Waals surface area contributed by atoms with Crippen LogP contribution in [0.15, 0.2) is 6.20 Å². The maximum Gasteiger partial charge on any atom is 0.217 e. The molecular weight excluding hydrogens is 290 g/mol. The molecule has 3 atom stereocenters. The van der Waals surface area contributed by atoms with Gasteiger partial charge in [0, 0.05) is 19.4 Å². The van der Waals surface area contributed by atoms with E-state index in [2.05, 4.69) is 36.1 Å². The molecule has 1 saturated heterocycles. The third kappa shape index (κ3) is 5.65. The molecule has 1 aliphatic rings. The highest BCUT2D eigenvalue weighted by atomic mass is 16.5. The van der Waals surface area contributed by atoms with Crippen LogP contribution in [0.1, 0.15) is 77.4 Å². The average molecular weight is 321 g/mol. The second-order valence-corrected chi connectivity index (χ2v) is 7.13. The van der Waals surface area contributed by atoms with Gasteiger partial charge in [-0.25, -0.2) is 4.98 Å². The highest BCUT2D eigenvalue weighted by Gasteiger charge is 2.32. The Bertz CT molecular complexity index is 498. The largest absolute Gasteiger partial charge is 0.369 e. The lowest BCUT2D eigenvalue weighted by molar-refractivity contribution is -0.122. The van der Waals surface area contributed by atoms with E-state index in [0.717, 1.165) is 50.0 Å². The quantitative estimate of drug-likeness (QED) is 0.807. The van der Waals surface area contributed by atoms with Crippen molar-refractivity contribution in [3.05, 3.63) is 17.7 Å². The van der Waals surface area contributed by atoms with Crippen molar-refractivity contribution in [1.82, 2.24) is 15.3 Å². The molecule has 0 unspecified atom stereocenters. The van der Waals surface area contributed by atoms with Gasteiger partial charge in [0.2, 0.25) is 5.91 Å². The molecule has 1 aliphatic heterocycles. The molecule has 1 amide bonds. The topological polar surface area (TPSA) is 67.0 Å². The molecule has 1 fully saturated rings. The van der Waals surface area contributed by atoms with Gasteiger partial charge in [0.1, 0.15) is 11.9 Å². The van der Waals surface area contributed by atoms with E-state index in [1.54, 1.807) is 6.92 Å². The second kappa shape index (κ2) is 8.48. The minimum atomic E-state index is -0.00720. The van der Waals surface area contributed by atoms with Crippen LogP contribution in [0.2, 0.25) is 0 Å². The van der Waals surface area contributed by atoms with Crippen molar-refractivity contribution >= 4 is 5.91 Å². The van der Waals surface area contributed by atoms with Gasteiger partial charge in [0.25, 0.3) is 0 Å². The van der Waals surface area contributed by atoms with Gasteiger partial charge in [-0.05, 0) is 31.6 Å². The molecule has 0 aromatic carbocycles. The average Bonchev–Trinajstić information content (AvgIpc) is 2.92. The molecule has 130 valence electrons. The molecule has 1 aromatic rings. The zero-order valence-electron chi connectivity index (χ0n) is 14.9. The summed E-state index contributed by atoms with van der Waals surface area (Å²) in [6.07, 6.45) is 8.09. The molecule has 0 bridgehead atoms. The molecule has 0 spiro atoms. The van der Waals surface area contributed by atoms with Gasteiger partial charge < -0.3 is 15.0 Å². The normalized spacial score (nSPS) is 24.8. The van der Waals surface area contributed by atoms with Gasteiger partial charge in [0.15, 0.2) is 0 Å². The van der Waals surface area contributed by atoms with E-state index in [1.807, 2.05) is 6.20 Å². The predicted octanol–water partition coefficient (Wildman–Crippen LogP) is 3.52. The van der Waals surface area contributed by atoms with E-state index in [4.69, 9.17) is 4.74 Å². The fourth-order valence-electron chi connectivity index (χ4n) is 3.31. The molecule has 2 N–H and O–H groups in total. The summed E-state index contributed by atoms with van der Waals surface area (Å²) < 4.78 is 6.29. The van der Waals surface area contributed by atoms with E-state index in [-0.39, 0.29) is 24.2 Å². The Labute approximate surface area is 139 Å². The van der Waals surface area contributed by atoms with Gasteiger partial charge in [-0.3, -0.25) is 4.79 Å². The number of hydrogen-bond donors (Lipinski definition) is 2. The molecule has 23 heavy (non-hydrogen) atoms. The maximum absolute atomic E-state index is 11.4. The summed E-state index contributed by atoms with van der Waals surface area (Å²) in [6.45, 7) is 8.18. The van der Waals surface area contributed by atoms with E-state index < -0.39 is 0 Å². The van der Waals surface area contributed by atoms with E-state index in [9.17, 15) is 4.79 Å². The first-order valence-corrected chi connectivity index (χ1v) is 8.94. The van der Waals surface area contributed by atoms with Crippen LogP contribution in [0.3, 0.4) is 0 Å². The Balaban J connectivity index is 2.05. The number of ether oxygens (including phenoxy) is 1. The lowest BCUT2D eigenvalue weighted by Crippen LogP contribution is -2.42. The van der Waals surface area contributed by atoms with Crippen molar-refractivity contribution in [2.75, 3.05) is 0 Å². The minimum absolute atomic E-state index is 0.00720. The summed E-state index contributed by atoms with van der Waals surface area (Å²) in [6, 6.07) is 0.178. The second-order valence-electron chi connectivity index (χ2n) is 7.13. The number of unbranched alkanes of at least 4 members (excludes halogenated alkanes) is 1. The van der Waals surface area contributed by atoms with Gasteiger partial charge in [-0.15, -0.1) is 0 Å². The van der Waals surface area contributed by atoms with Crippen LogP contribution in [-0.4, -0.2) is 28.0 Å². The standard InChI is InChI=1S/C18H31N3O2/c1-5-6-7-18-19-11-16(21-18)17-10-14(20-13(4)22)9-15(23-17)8-12(2)3/h11-12,14-15,17H,5-10H2,1-4H3,(H,19,21)(H,20,22)/t14-,15+,17+/m1/s1. The van der Waals surface area contributed by atoms with Crippen LogP contribution in [0, 0.1) is 5.92 Å². The Morgan fingerprint density at radius 2 is 2.26 bits per heavy atom. The van der Waals surface area contributed by atoms with Crippen LogP contribution in [-0.2, 0) is 16.0 Å². The van der Waals surface area contributed by atoms with E-state index in [0.29, 0.717) is 5.92 Å². The monoisotopic (exact) mass is 321 g/mol. The number of carbonyl (C=O) groups is 1. The molecule has 5 heteroatoms. The van der Waals surface area contributed by atoms with Crippen molar-refractivity contribution in [2.24, 2.45) is 5.92 Å². The first-order chi connectivity index (χ1) is 11.0. The molecule has 2 heterocycles. The van der Waals surface area contributed by atoms with E-state index in [1.165, 1.54) is 0 Å². The predicted molar refractivity (Wildman–Crippen MR) is 91.1 cm³/mol. The summed E-state index contributed by atoms with van der Waals surface area (Å²) in [4.78, 5) is 19.3. The maximum atomic E-state index is 11.4. The molecule has 0 aliphatic carbocycles. The summed E-state index contributed by atoms with van der Waals surface area (Å²) in [7, 11) is 0. The number of H-pyrrole nitrogens is 1. The number of imidazole rings is 1. The lowest BCUT2D eigenvalue weighted by atomic mass is 9.92. The fraction of sp³-hybridized carbons (Fsp3) is 0.778. The Hall–Kier alpha value is -1.36. The first kappa shape index (κ1) is 18.0. The van der Waals surface area contributed by atoms with Gasteiger partial charge in [-0.2, -0.15) is 0 Å². The number of carbonyl (C=O) groups excluding carboxylic acids is 1. The van der Waals surface area contributed by atoms with Crippen molar-refractivity contribution in [2.45, 2.75) is 84.5 Å². The lowest BCUT2D eigenvalue weighted by Gasteiger charge is -2.36. The summed E-state index contributed by atoms with van der Waals surface area (Å²) in [5, 5.41) is 3.07. The number of aryl methyl sites for hydroxylation is 1. The zero-order valence-corrected chi connectivity index (χ0v) is 14.9. The zero-order chi connectivity index (χ0) is 16.8. The van der Waals surface area contributed by atoms with Crippen LogP contribution >= 0.6 is 0 Å². The van der Waals surface area contributed by atoms with Crippen LogP contribution in [0.4, 0.5) is 0 Å². The third-order valence-electron chi connectivity index (χ3n) is 4.31. The van der Waals surface area contributed by atoms with Crippen LogP contribution < -0.4 is 5.32 Å². The Morgan fingerprint density at radius 3 is 2.91 bits per heavy atom. The van der Waals surface area contributed by atoms with E-state index >= 15 is 0 Å². The van der Waals surface area contributed by atoms with Crippen LogP contribution in [0.25, 0.3) is 0 Å². The molecule has 2 rings (SSSR count). The third-order valence-corrected chi connectivity index (χ3v) is 4.31. The number of hydrogen-bond acceptors (Lipinski definition) is 3. The smallest absolute Gasteiger partial charge is 0.217 e. The summed E-state index contributed by atoms with van der Waals surface area (Å²) >= 11 is 0. The minimum Gasteiger partial charge on any atom is -0.369 e. The number of nitrogens with zero attached hydrogens (tertiary/aromatic N) is 1. The van der Waals surface area contributed by atoms with Gasteiger partial charge >= 0.3 is 0 Å². The SMILES string of the molecule is CCCCc1ncc([C@@H]2C[C@H](NC(C)=O)C[C@H](CC(C)C)O2)[nH]1. The van der Waals surface area contributed by atoms with Crippen molar-refractivity contribution < 1.29 is 9.53 Å². The molecule has 5 nitrogen and oxygen atoms in total. The number of aromatic nitrogens is 2. The van der Waals surface area contributed by atoms with Crippen molar-refractivity contribution in [3.63, 3.8) is 0 Å². The highest BCUT2D eigenvalue weighted by Crippen LogP contribution is 2.33. The van der Waals surface area contributed by atoms with Crippen molar-refractivity contribution in [3.8, 4) is 0 Å². The van der Waals surface area contributed by atoms with Gasteiger partial charge in [0.05, 0.1) is 18.0 Å². The van der Waals surface area contributed by atoms with Gasteiger partial charge in [-0.1, -0.05) is 27.2 Å². The molecular formula is C18H31N3O2. The van der Waals surface area contributed by atoms with Crippen LogP contribution in [0.5, 0.6) is 0 Å². The Morgan fingerprint density at radius 1 is 1.48 bits per heavy atom. The number of rotatable bonds is 7. The van der Waals surface area contributed by atoms with Crippen molar-refractivity contribution in [1.29, 1.82) is 0 Å². The highest BCUT2D eigenvalue weighted by molar-refractivity contribution is 5.73. The summed E-state index contributed by atoms with van der Waals surface area (Å²) in [5.74, 6) is 1.65. The summed E-state index contributed by atoms with van der Waals surface area (Å²) in [5.41, 5.74) is 1.04. The number of nitrogens with one attached hydrogen (secondary N) is 2. The molecule has 1 aromatic heterocycles. The number of aromatic amines is 1. The fourth-order valence-corrected chi connectivity index (χ4v) is 3.31. The molecule has 0 radical (unpaired) electrons. The molecule has 0 saturated carbocycles. The first-order valence-electron chi connectivity index (χ1n) is 8.94. The Kier molecular flexibility index (Phi) is 6.63.